The van der Waals surface area contributed by atoms with Gasteiger partial charge in [0.2, 0.25) is 5.91 Å². The van der Waals surface area contributed by atoms with Crippen LogP contribution in [0, 0.1) is 6.92 Å². The summed E-state index contributed by atoms with van der Waals surface area (Å²) in [5.41, 5.74) is 2.10. The predicted octanol–water partition coefficient (Wildman–Crippen LogP) is 1.52. The van der Waals surface area contributed by atoms with Crippen molar-refractivity contribution in [3.63, 3.8) is 0 Å². The Kier molecular flexibility index (Phi) is 5.16. The minimum absolute atomic E-state index is 0.0999. The molecule has 7 heteroatoms. The van der Waals surface area contributed by atoms with Gasteiger partial charge in [0.1, 0.15) is 6.54 Å². The van der Waals surface area contributed by atoms with Gasteiger partial charge in [-0.05, 0) is 24.6 Å². The highest BCUT2D eigenvalue weighted by Gasteiger charge is 2.08. The van der Waals surface area contributed by atoms with Crippen molar-refractivity contribution in [1.29, 1.82) is 0 Å². The number of nitrogens with zero attached hydrogens (tertiary/aromatic N) is 2. The van der Waals surface area contributed by atoms with Gasteiger partial charge in [-0.15, -0.1) is 0 Å². The third kappa shape index (κ3) is 4.08. The van der Waals surface area contributed by atoms with Gasteiger partial charge in [-0.25, -0.2) is 0 Å². The molecule has 2 N–H and O–H groups in total. The van der Waals surface area contributed by atoms with E-state index in [1.54, 1.807) is 38.4 Å². The number of amides is 2. The third-order valence-electron chi connectivity index (χ3n) is 3.10. The van der Waals surface area contributed by atoms with E-state index in [9.17, 15) is 9.59 Å². The second-order valence-corrected chi connectivity index (χ2v) is 5.22. The standard InChI is InChI=1S/C15H17ClN4O2/c1-10-13(16)8-20(19-10)9-14(21)18-7-11-4-3-5-12(6-11)15(22)17-2/h3-6,8H,7,9H2,1-2H3,(H,17,22)(H,18,21). The molecule has 0 aliphatic carbocycles. The number of carbonyl (C=O) groups is 2. The van der Waals surface area contributed by atoms with Crippen molar-refractivity contribution < 1.29 is 9.59 Å². The lowest BCUT2D eigenvalue weighted by Crippen LogP contribution is -2.27. The lowest BCUT2D eigenvalue weighted by molar-refractivity contribution is -0.122. The van der Waals surface area contributed by atoms with E-state index >= 15 is 0 Å². The number of benzene rings is 1. The fourth-order valence-corrected chi connectivity index (χ4v) is 2.10. The summed E-state index contributed by atoms with van der Waals surface area (Å²) < 4.78 is 1.49. The van der Waals surface area contributed by atoms with Gasteiger partial charge >= 0.3 is 0 Å². The zero-order chi connectivity index (χ0) is 16.1. The maximum Gasteiger partial charge on any atom is 0.251 e. The van der Waals surface area contributed by atoms with Crippen LogP contribution in [0.2, 0.25) is 5.02 Å². The molecule has 0 fully saturated rings. The second kappa shape index (κ2) is 7.09. The molecular weight excluding hydrogens is 304 g/mol. The summed E-state index contributed by atoms with van der Waals surface area (Å²) in [6.45, 7) is 2.22. The van der Waals surface area contributed by atoms with Crippen molar-refractivity contribution in [2.45, 2.75) is 20.0 Å². The molecule has 0 aliphatic rings. The highest BCUT2D eigenvalue weighted by atomic mass is 35.5. The molecule has 1 heterocycles. The molecule has 6 nitrogen and oxygen atoms in total. The molecule has 2 rings (SSSR count). The molecule has 0 saturated heterocycles. The summed E-state index contributed by atoms with van der Waals surface area (Å²) in [5.74, 6) is -0.334. The van der Waals surface area contributed by atoms with E-state index in [0.29, 0.717) is 22.8 Å². The summed E-state index contributed by atoms with van der Waals surface area (Å²) in [6.07, 6.45) is 1.61. The Morgan fingerprint density at radius 3 is 2.77 bits per heavy atom. The Balaban J connectivity index is 1.92. The molecule has 0 spiro atoms. The highest BCUT2D eigenvalue weighted by molar-refractivity contribution is 6.31. The molecular formula is C15H17ClN4O2. The summed E-state index contributed by atoms with van der Waals surface area (Å²) in [6, 6.07) is 7.09. The number of nitrogens with one attached hydrogen (secondary N) is 2. The van der Waals surface area contributed by atoms with E-state index in [0.717, 1.165) is 5.56 Å². The van der Waals surface area contributed by atoms with Crippen LogP contribution in [0.4, 0.5) is 0 Å². The minimum atomic E-state index is -0.176. The van der Waals surface area contributed by atoms with Gasteiger partial charge in [-0.1, -0.05) is 23.7 Å². The fourth-order valence-electron chi connectivity index (χ4n) is 1.95. The number of aryl methyl sites for hydroxylation is 1. The largest absolute Gasteiger partial charge is 0.355 e. The Bertz CT molecular complexity index is 677. The number of halogens is 1. The van der Waals surface area contributed by atoms with Crippen LogP contribution in [-0.2, 0) is 17.9 Å². The molecule has 116 valence electrons. The van der Waals surface area contributed by atoms with E-state index in [-0.39, 0.29) is 18.4 Å². The molecule has 0 radical (unpaired) electrons. The molecule has 0 bridgehead atoms. The van der Waals surface area contributed by atoms with Crippen LogP contribution in [0.25, 0.3) is 0 Å². The average molecular weight is 321 g/mol. The van der Waals surface area contributed by atoms with Crippen LogP contribution in [0.5, 0.6) is 0 Å². The molecule has 2 amide bonds. The van der Waals surface area contributed by atoms with Gasteiger partial charge in [0, 0.05) is 25.4 Å². The first-order valence-electron chi connectivity index (χ1n) is 6.77. The Morgan fingerprint density at radius 2 is 2.14 bits per heavy atom. The van der Waals surface area contributed by atoms with Crippen LogP contribution in [0.1, 0.15) is 21.6 Å². The van der Waals surface area contributed by atoms with Crippen molar-refractivity contribution in [1.82, 2.24) is 20.4 Å². The number of carbonyl (C=O) groups excluding carboxylic acids is 2. The SMILES string of the molecule is CNC(=O)c1cccc(CNC(=O)Cn2cc(Cl)c(C)n2)c1. The summed E-state index contributed by atoms with van der Waals surface area (Å²) >= 11 is 5.89. The first-order valence-corrected chi connectivity index (χ1v) is 7.14. The third-order valence-corrected chi connectivity index (χ3v) is 3.47. The Morgan fingerprint density at radius 1 is 1.36 bits per heavy atom. The maximum atomic E-state index is 11.9. The van der Waals surface area contributed by atoms with E-state index in [4.69, 9.17) is 11.6 Å². The smallest absolute Gasteiger partial charge is 0.251 e. The Labute approximate surface area is 133 Å². The van der Waals surface area contributed by atoms with Crippen LogP contribution >= 0.6 is 11.6 Å². The number of rotatable bonds is 5. The van der Waals surface area contributed by atoms with Crippen LogP contribution in [-0.4, -0.2) is 28.6 Å². The number of hydrogen-bond acceptors (Lipinski definition) is 3. The predicted molar refractivity (Wildman–Crippen MR) is 83.7 cm³/mol. The topological polar surface area (TPSA) is 76.0 Å². The van der Waals surface area contributed by atoms with Crippen LogP contribution in [0.3, 0.4) is 0 Å². The maximum absolute atomic E-state index is 11.9. The first kappa shape index (κ1) is 16.0. The monoisotopic (exact) mass is 320 g/mol. The number of aromatic nitrogens is 2. The molecule has 0 atom stereocenters. The molecule has 22 heavy (non-hydrogen) atoms. The molecule has 0 saturated carbocycles. The van der Waals surface area contributed by atoms with Gasteiger partial charge in [-0.3, -0.25) is 14.3 Å². The fraction of sp³-hybridized carbons (Fsp3) is 0.267. The molecule has 2 aromatic rings. The van der Waals surface area contributed by atoms with Crippen molar-refractivity contribution in [2.75, 3.05) is 7.05 Å². The van der Waals surface area contributed by atoms with Gasteiger partial charge in [0.25, 0.3) is 5.91 Å². The van der Waals surface area contributed by atoms with Crippen LogP contribution in [0.15, 0.2) is 30.5 Å². The van der Waals surface area contributed by atoms with Crippen LogP contribution < -0.4 is 10.6 Å². The lowest BCUT2D eigenvalue weighted by atomic mass is 10.1. The van der Waals surface area contributed by atoms with E-state index in [1.807, 2.05) is 6.07 Å². The summed E-state index contributed by atoms with van der Waals surface area (Å²) in [4.78, 5) is 23.4. The normalized spacial score (nSPS) is 10.3. The highest BCUT2D eigenvalue weighted by Crippen LogP contribution is 2.11. The zero-order valence-electron chi connectivity index (χ0n) is 12.4. The molecule has 1 aromatic heterocycles. The lowest BCUT2D eigenvalue weighted by Gasteiger charge is -2.07. The summed E-state index contributed by atoms with van der Waals surface area (Å²) in [5, 5.41) is 10.0. The van der Waals surface area contributed by atoms with Crippen molar-refractivity contribution >= 4 is 23.4 Å². The molecule has 0 aliphatic heterocycles. The van der Waals surface area contributed by atoms with Crippen molar-refractivity contribution in [3.05, 3.63) is 52.3 Å². The number of hydrogen-bond donors (Lipinski definition) is 2. The Hall–Kier alpha value is -2.34. The van der Waals surface area contributed by atoms with E-state index in [2.05, 4.69) is 15.7 Å². The van der Waals surface area contributed by atoms with Crippen molar-refractivity contribution in [3.8, 4) is 0 Å². The molecule has 1 aromatic carbocycles. The van der Waals surface area contributed by atoms with Gasteiger partial charge < -0.3 is 10.6 Å². The minimum Gasteiger partial charge on any atom is -0.355 e. The molecule has 0 unspecified atom stereocenters. The van der Waals surface area contributed by atoms with Gasteiger partial charge in [-0.2, -0.15) is 5.10 Å². The first-order chi connectivity index (χ1) is 10.5. The van der Waals surface area contributed by atoms with Crippen molar-refractivity contribution in [2.24, 2.45) is 0 Å². The summed E-state index contributed by atoms with van der Waals surface area (Å²) in [7, 11) is 1.58. The van der Waals surface area contributed by atoms with Gasteiger partial charge in [0.15, 0.2) is 0 Å². The zero-order valence-corrected chi connectivity index (χ0v) is 13.1. The average Bonchev–Trinajstić information content (AvgIpc) is 2.82. The van der Waals surface area contributed by atoms with Gasteiger partial charge in [0.05, 0.1) is 10.7 Å². The quantitative estimate of drug-likeness (QED) is 0.877. The second-order valence-electron chi connectivity index (χ2n) is 4.82. The van der Waals surface area contributed by atoms with E-state index < -0.39 is 0 Å². The van der Waals surface area contributed by atoms with E-state index in [1.165, 1.54) is 4.68 Å².